The average molecular weight is 417 g/mol. The lowest BCUT2D eigenvalue weighted by atomic mass is 10.0. The van der Waals surface area contributed by atoms with Crippen molar-refractivity contribution in [1.82, 2.24) is 10.2 Å². The van der Waals surface area contributed by atoms with Crippen LogP contribution < -0.4 is 10.6 Å². The van der Waals surface area contributed by atoms with Crippen molar-refractivity contribution < 1.29 is 14.5 Å². The lowest BCUT2D eigenvalue weighted by Gasteiger charge is -2.34. The Kier molecular flexibility index (Phi) is 6.95. The molecule has 1 fully saturated rings. The van der Waals surface area contributed by atoms with Crippen LogP contribution in [-0.4, -0.2) is 41.3 Å². The maximum Gasteiger partial charge on any atom is 0.313 e. The smallest absolute Gasteiger partial charge is 0.313 e. The Morgan fingerprint density at radius 3 is 2.62 bits per heavy atom. The van der Waals surface area contributed by atoms with Gasteiger partial charge in [0.1, 0.15) is 0 Å². The topological polar surface area (TPSA) is 105 Å². The fourth-order valence-electron chi connectivity index (χ4n) is 3.46. The fourth-order valence-corrected chi connectivity index (χ4v) is 4.17. The Morgan fingerprint density at radius 2 is 1.97 bits per heavy atom. The van der Waals surface area contributed by atoms with Crippen LogP contribution >= 0.6 is 11.3 Å². The molecule has 0 aliphatic carbocycles. The minimum Gasteiger partial charge on any atom is -0.346 e. The molecule has 1 aromatic heterocycles. The molecule has 1 unspecified atom stereocenters. The quantitative estimate of drug-likeness (QED) is 0.427. The van der Waals surface area contributed by atoms with Crippen molar-refractivity contribution in [3.63, 3.8) is 0 Å². The molecule has 1 aromatic carbocycles. The van der Waals surface area contributed by atoms with Gasteiger partial charge in [-0.3, -0.25) is 24.6 Å². The summed E-state index contributed by atoms with van der Waals surface area (Å²) in [5.41, 5.74) is 1.88. The summed E-state index contributed by atoms with van der Waals surface area (Å²) in [7, 11) is 0. The Balaban J connectivity index is 1.63. The van der Waals surface area contributed by atoms with Gasteiger partial charge in [0.05, 0.1) is 16.7 Å². The van der Waals surface area contributed by atoms with Crippen molar-refractivity contribution >= 4 is 34.5 Å². The van der Waals surface area contributed by atoms with E-state index in [1.165, 1.54) is 24.6 Å². The lowest BCUT2D eigenvalue weighted by molar-refractivity contribution is -0.384. The van der Waals surface area contributed by atoms with Crippen LogP contribution in [0.5, 0.6) is 0 Å². The van der Waals surface area contributed by atoms with Crippen LogP contribution in [0.25, 0.3) is 0 Å². The van der Waals surface area contributed by atoms with Gasteiger partial charge in [0.15, 0.2) is 0 Å². The van der Waals surface area contributed by atoms with E-state index in [9.17, 15) is 19.7 Å². The predicted molar refractivity (Wildman–Crippen MR) is 112 cm³/mol. The van der Waals surface area contributed by atoms with E-state index in [0.717, 1.165) is 31.5 Å². The van der Waals surface area contributed by atoms with Gasteiger partial charge in [-0.15, -0.1) is 0 Å². The summed E-state index contributed by atoms with van der Waals surface area (Å²) < 4.78 is 0. The number of nitro groups is 1. The maximum atomic E-state index is 12.4. The average Bonchev–Trinajstić information content (AvgIpc) is 3.24. The van der Waals surface area contributed by atoms with E-state index in [4.69, 9.17) is 0 Å². The van der Waals surface area contributed by atoms with E-state index in [2.05, 4.69) is 20.9 Å². The van der Waals surface area contributed by atoms with Crippen molar-refractivity contribution in [3.8, 4) is 0 Å². The summed E-state index contributed by atoms with van der Waals surface area (Å²) in [5.74, 6) is -1.59. The zero-order chi connectivity index (χ0) is 20.8. The van der Waals surface area contributed by atoms with Crippen molar-refractivity contribution in [3.05, 3.63) is 56.3 Å². The first-order valence-corrected chi connectivity index (χ1v) is 10.5. The monoisotopic (exact) mass is 416 g/mol. The number of hydrogen-bond acceptors (Lipinski definition) is 6. The number of non-ortho nitro benzene ring substituents is 1. The lowest BCUT2D eigenvalue weighted by Crippen LogP contribution is -2.43. The minimum atomic E-state index is -0.837. The molecule has 3 rings (SSSR count). The van der Waals surface area contributed by atoms with Gasteiger partial charge in [0.2, 0.25) is 0 Å². The summed E-state index contributed by atoms with van der Waals surface area (Å²) in [6.45, 7) is 3.97. The molecular weight excluding hydrogens is 392 g/mol. The zero-order valence-corrected chi connectivity index (χ0v) is 17.0. The maximum absolute atomic E-state index is 12.4. The molecule has 154 valence electrons. The number of likely N-dealkylation sites (tertiary alicyclic amines) is 1. The van der Waals surface area contributed by atoms with E-state index in [-0.39, 0.29) is 17.4 Å². The van der Waals surface area contributed by atoms with Gasteiger partial charge in [-0.1, -0.05) is 12.5 Å². The van der Waals surface area contributed by atoms with Crippen molar-refractivity contribution in [2.24, 2.45) is 0 Å². The Morgan fingerprint density at radius 1 is 1.21 bits per heavy atom. The fraction of sp³-hybridized carbons (Fsp3) is 0.400. The second-order valence-corrected chi connectivity index (χ2v) is 7.87. The number of nitrogens with zero attached hydrogens (tertiary/aromatic N) is 2. The number of hydrogen-bond donors (Lipinski definition) is 2. The Bertz CT molecular complexity index is 879. The van der Waals surface area contributed by atoms with Gasteiger partial charge < -0.3 is 10.6 Å². The number of anilines is 1. The molecule has 1 aliphatic rings. The highest BCUT2D eigenvalue weighted by Crippen LogP contribution is 2.26. The van der Waals surface area contributed by atoms with Gasteiger partial charge in [0.25, 0.3) is 5.69 Å². The Labute approximate surface area is 173 Å². The number of piperidine rings is 1. The number of aryl methyl sites for hydroxylation is 1. The second-order valence-electron chi connectivity index (χ2n) is 7.09. The van der Waals surface area contributed by atoms with Crippen LogP contribution in [0.3, 0.4) is 0 Å². The summed E-state index contributed by atoms with van der Waals surface area (Å²) in [6.07, 6.45) is 3.46. The number of thiophene rings is 1. The molecular formula is C20H24N4O4S. The van der Waals surface area contributed by atoms with Gasteiger partial charge in [-0.05, 0) is 60.8 Å². The molecule has 0 bridgehead atoms. The molecule has 1 atom stereocenters. The number of rotatable bonds is 6. The second kappa shape index (κ2) is 9.62. The summed E-state index contributed by atoms with van der Waals surface area (Å²) in [6, 6.07) is 6.22. The number of nitro benzene ring substituents is 1. The molecule has 0 saturated carbocycles. The predicted octanol–water partition coefficient (Wildman–Crippen LogP) is 3.25. The molecule has 1 saturated heterocycles. The zero-order valence-electron chi connectivity index (χ0n) is 16.2. The van der Waals surface area contributed by atoms with Gasteiger partial charge in [0, 0.05) is 18.7 Å². The molecule has 2 amide bonds. The molecule has 8 nitrogen and oxygen atoms in total. The minimum absolute atomic E-state index is 0.0258. The third kappa shape index (κ3) is 5.39. The SMILES string of the molecule is Cc1ccc([N+](=O)[O-])cc1NC(=O)C(=O)NCC(c1ccsc1)N1CCCCC1. The van der Waals surface area contributed by atoms with Crippen LogP contribution in [-0.2, 0) is 9.59 Å². The molecule has 29 heavy (non-hydrogen) atoms. The van der Waals surface area contributed by atoms with Crippen LogP contribution in [0.1, 0.15) is 36.4 Å². The largest absolute Gasteiger partial charge is 0.346 e. The molecule has 1 aliphatic heterocycles. The number of benzene rings is 1. The van der Waals surface area contributed by atoms with Crippen LogP contribution in [0, 0.1) is 17.0 Å². The normalized spacial score (nSPS) is 15.5. The first-order chi connectivity index (χ1) is 14.0. The van der Waals surface area contributed by atoms with Crippen LogP contribution in [0.15, 0.2) is 35.0 Å². The van der Waals surface area contributed by atoms with Gasteiger partial charge >= 0.3 is 11.8 Å². The highest BCUT2D eigenvalue weighted by atomic mass is 32.1. The van der Waals surface area contributed by atoms with E-state index in [0.29, 0.717) is 12.1 Å². The highest BCUT2D eigenvalue weighted by Gasteiger charge is 2.25. The number of carbonyl (C=O) groups excluding carboxylic acids is 2. The number of amides is 2. The summed E-state index contributed by atoms with van der Waals surface area (Å²) >= 11 is 1.61. The van der Waals surface area contributed by atoms with Crippen molar-refractivity contribution in [2.45, 2.75) is 32.2 Å². The van der Waals surface area contributed by atoms with Crippen molar-refractivity contribution in [1.29, 1.82) is 0 Å². The van der Waals surface area contributed by atoms with Crippen molar-refractivity contribution in [2.75, 3.05) is 25.0 Å². The third-order valence-electron chi connectivity index (χ3n) is 5.10. The van der Waals surface area contributed by atoms with Gasteiger partial charge in [-0.2, -0.15) is 11.3 Å². The molecule has 2 heterocycles. The molecule has 0 spiro atoms. The van der Waals surface area contributed by atoms with Crippen LogP contribution in [0.2, 0.25) is 0 Å². The Hall–Kier alpha value is -2.78. The highest BCUT2D eigenvalue weighted by molar-refractivity contribution is 7.08. The summed E-state index contributed by atoms with van der Waals surface area (Å²) in [4.78, 5) is 37.4. The molecule has 0 radical (unpaired) electrons. The third-order valence-corrected chi connectivity index (χ3v) is 5.80. The molecule has 9 heteroatoms. The first kappa shape index (κ1) is 20.9. The summed E-state index contributed by atoms with van der Waals surface area (Å²) in [5, 5.41) is 20.2. The number of carbonyl (C=O) groups is 2. The standard InChI is InChI=1S/C20H24N4O4S/c1-14-5-6-16(24(27)28)11-17(14)22-20(26)19(25)21-12-18(15-7-10-29-13-15)23-8-3-2-4-9-23/h5-7,10-11,13,18H,2-4,8-9,12H2,1H3,(H,21,25)(H,22,26). The first-order valence-electron chi connectivity index (χ1n) is 9.56. The van der Waals surface area contributed by atoms with Crippen LogP contribution in [0.4, 0.5) is 11.4 Å². The van der Waals surface area contributed by atoms with E-state index < -0.39 is 16.7 Å². The number of nitrogens with one attached hydrogen (secondary N) is 2. The van der Waals surface area contributed by atoms with E-state index in [1.807, 2.05) is 11.4 Å². The van der Waals surface area contributed by atoms with E-state index >= 15 is 0 Å². The molecule has 2 N–H and O–H groups in total. The van der Waals surface area contributed by atoms with E-state index in [1.54, 1.807) is 18.3 Å². The van der Waals surface area contributed by atoms with Gasteiger partial charge in [-0.25, -0.2) is 0 Å². The molecule has 2 aromatic rings.